The van der Waals surface area contributed by atoms with Gasteiger partial charge < -0.3 is 4.43 Å². The first-order valence-electron chi connectivity index (χ1n) is 5.69. The molecule has 0 radical (unpaired) electrons. The minimum absolute atomic E-state index is 0.0919. The number of hydrogen-bond donors (Lipinski definition) is 0. The van der Waals surface area contributed by atoms with E-state index in [9.17, 15) is 4.39 Å². The van der Waals surface area contributed by atoms with Crippen molar-refractivity contribution in [3.05, 3.63) is 28.8 Å². The minimum atomic E-state index is -1.26. The summed E-state index contributed by atoms with van der Waals surface area (Å²) in [5.41, 5.74) is 0.321. The normalized spacial score (nSPS) is 14.1. The highest BCUT2D eigenvalue weighted by atomic mass is 35.5. The molecule has 96 valence electrons. The highest BCUT2D eigenvalue weighted by Gasteiger charge is 2.30. The van der Waals surface area contributed by atoms with Crippen LogP contribution in [-0.4, -0.2) is 14.0 Å². The lowest BCUT2D eigenvalue weighted by Gasteiger charge is -2.33. The van der Waals surface area contributed by atoms with Gasteiger partial charge >= 0.3 is 0 Å². The van der Waals surface area contributed by atoms with Crippen LogP contribution in [0, 0.1) is 11.2 Å². The van der Waals surface area contributed by atoms with E-state index in [4.69, 9.17) is 16.0 Å². The van der Waals surface area contributed by atoms with E-state index in [0.717, 1.165) is 0 Å². The quantitative estimate of drug-likeness (QED) is 0.615. The summed E-state index contributed by atoms with van der Waals surface area (Å²) >= 11 is 5.71. The van der Waals surface area contributed by atoms with Gasteiger partial charge in [-0.3, -0.25) is 0 Å². The van der Waals surface area contributed by atoms with E-state index in [0.29, 0.717) is 5.56 Å². The molecule has 1 aromatic heterocycles. The molecule has 0 aliphatic carbocycles. The Morgan fingerprint density at radius 3 is 2.47 bits per heavy atom. The van der Waals surface area contributed by atoms with Gasteiger partial charge in [0.25, 0.3) is 0 Å². The summed E-state index contributed by atoms with van der Waals surface area (Å²) in [6, 6.07) is 1.65. The molecule has 0 amide bonds. The standard InChI is InChI=1S/C12H19ClFNOSi/c1-12(2,3)10(16-17(4)5)8-6-7-15-11(13)9(8)14/h6-7,10,17H,1-5H3. The lowest BCUT2D eigenvalue weighted by atomic mass is 9.85. The lowest BCUT2D eigenvalue weighted by molar-refractivity contribution is 0.0830. The molecule has 0 aromatic carbocycles. The van der Waals surface area contributed by atoms with E-state index in [1.54, 1.807) is 6.07 Å². The number of aromatic nitrogens is 1. The van der Waals surface area contributed by atoms with Crippen LogP contribution in [0.15, 0.2) is 12.3 Å². The van der Waals surface area contributed by atoms with Gasteiger partial charge in [0.15, 0.2) is 20.0 Å². The Kier molecular flexibility index (Phi) is 4.69. The molecular formula is C12H19ClFNOSi. The van der Waals surface area contributed by atoms with Crippen molar-refractivity contribution in [2.75, 3.05) is 0 Å². The van der Waals surface area contributed by atoms with Crippen LogP contribution in [0.1, 0.15) is 32.4 Å². The maximum atomic E-state index is 14.0. The lowest BCUT2D eigenvalue weighted by Crippen LogP contribution is -2.26. The fraction of sp³-hybridized carbons (Fsp3) is 0.583. The summed E-state index contributed by atoms with van der Waals surface area (Å²) < 4.78 is 19.9. The number of hydrogen-bond acceptors (Lipinski definition) is 2. The van der Waals surface area contributed by atoms with Crippen LogP contribution in [-0.2, 0) is 4.43 Å². The largest absolute Gasteiger partial charge is 0.413 e. The van der Waals surface area contributed by atoms with Gasteiger partial charge in [-0.1, -0.05) is 32.4 Å². The SMILES string of the molecule is C[SiH](C)OC(c1ccnc(Cl)c1F)C(C)(C)C. The molecule has 1 rings (SSSR count). The molecule has 0 fully saturated rings. The molecule has 0 aliphatic rings. The first kappa shape index (κ1) is 14.6. The Balaban J connectivity index is 3.18. The Morgan fingerprint density at radius 2 is 2.00 bits per heavy atom. The van der Waals surface area contributed by atoms with Crippen LogP contribution >= 0.6 is 11.6 Å². The predicted octanol–water partition coefficient (Wildman–Crippen LogP) is 3.96. The molecule has 1 unspecified atom stereocenters. The van der Waals surface area contributed by atoms with Gasteiger partial charge in [-0.2, -0.15) is 0 Å². The first-order valence-corrected chi connectivity index (χ1v) is 8.84. The van der Waals surface area contributed by atoms with Crippen LogP contribution < -0.4 is 0 Å². The van der Waals surface area contributed by atoms with Gasteiger partial charge in [0.2, 0.25) is 0 Å². The topological polar surface area (TPSA) is 22.1 Å². The van der Waals surface area contributed by atoms with Gasteiger partial charge in [-0.25, -0.2) is 9.37 Å². The average molecular weight is 276 g/mol. The zero-order valence-electron chi connectivity index (χ0n) is 10.9. The number of nitrogens with zero attached hydrogens (tertiary/aromatic N) is 1. The van der Waals surface area contributed by atoms with E-state index < -0.39 is 14.9 Å². The highest BCUT2D eigenvalue weighted by molar-refractivity contribution is 6.48. The molecule has 0 saturated carbocycles. The first-order chi connectivity index (χ1) is 7.73. The summed E-state index contributed by atoms with van der Waals surface area (Å²) in [6.07, 6.45) is 1.24. The van der Waals surface area contributed by atoms with E-state index in [-0.39, 0.29) is 16.7 Å². The Morgan fingerprint density at radius 1 is 1.41 bits per heavy atom. The Hall–Kier alpha value is -0.453. The second-order valence-corrected chi connectivity index (χ2v) is 8.16. The summed E-state index contributed by atoms with van der Waals surface area (Å²) in [7, 11) is -1.26. The smallest absolute Gasteiger partial charge is 0.171 e. The maximum Gasteiger partial charge on any atom is 0.171 e. The van der Waals surface area contributed by atoms with Crippen molar-refractivity contribution in [3.63, 3.8) is 0 Å². The third kappa shape index (κ3) is 3.76. The molecule has 2 nitrogen and oxygen atoms in total. The molecule has 0 bridgehead atoms. The zero-order valence-corrected chi connectivity index (χ0v) is 12.8. The van der Waals surface area contributed by atoms with Crippen molar-refractivity contribution in [1.29, 1.82) is 0 Å². The monoisotopic (exact) mass is 275 g/mol. The van der Waals surface area contributed by atoms with Crippen molar-refractivity contribution >= 4 is 20.6 Å². The van der Waals surface area contributed by atoms with E-state index in [1.807, 2.05) is 20.8 Å². The van der Waals surface area contributed by atoms with E-state index in [2.05, 4.69) is 18.1 Å². The van der Waals surface area contributed by atoms with Gasteiger partial charge in [-0.05, 0) is 24.6 Å². The van der Waals surface area contributed by atoms with Gasteiger partial charge in [0, 0.05) is 11.8 Å². The third-order valence-corrected chi connectivity index (χ3v) is 3.43. The molecule has 1 atom stereocenters. The summed E-state index contributed by atoms with van der Waals surface area (Å²) in [5.74, 6) is -0.469. The highest BCUT2D eigenvalue weighted by Crippen LogP contribution is 2.38. The summed E-state index contributed by atoms with van der Waals surface area (Å²) in [6.45, 7) is 10.2. The fourth-order valence-corrected chi connectivity index (χ4v) is 2.92. The van der Waals surface area contributed by atoms with Crippen molar-refractivity contribution in [1.82, 2.24) is 4.98 Å². The van der Waals surface area contributed by atoms with Crippen LogP contribution in [0.5, 0.6) is 0 Å². The Bertz CT molecular complexity index is 393. The molecule has 0 spiro atoms. The minimum Gasteiger partial charge on any atom is -0.413 e. The van der Waals surface area contributed by atoms with E-state index in [1.165, 1.54) is 6.20 Å². The van der Waals surface area contributed by atoms with Gasteiger partial charge in [-0.15, -0.1) is 0 Å². The van der Waals surface area contributed by atoms with Gasteiger partial charge in [0.1, 0.15) is 0 Å². The third-order valence-electron chi connectivity index (χ3n) is 2.35. The Labute approximate surface area is 109 Å². The van der Waals surface area contributed by atoms with Crippen LogP contribution in [0.2, 0.25) is 18.2 Å². The summed E-state index contributed by atoms with van der Waals surface area (Å²) in [4.78, 5) is 3.73. The number of halogens is 2. The summed E-state index contributed by atoms with van der Waals surface area (Å²) in [5, 5.41) is -0.0919. The van der Waals surface area contributed by atoms with Crippen molar-refractivity contribution in [2.45, 2.75) is 40.0 Å². The number of rotatable bonds is 3. The number of pyridine rings is 1. The molecule has 17 heavy (non-hydrogen) atoms. The predicted molar refractivity (Wildman–Crippen MR) is 71.4 cm³/mol. The second-order valence-electron chi connectivity index (χ2n) is 5.44. The molecule has 0 saturated heterocycles. The molecule has 0 N–H and O–H groups in total. The molecule has 1 aromatic rings. The van der Waals surface area contributed by atoms with Gasteiger partial charge in [0.05, 0.1) is 6.10 Å². The van der Waals surface area contributed by atoms with Crippen molar-refractivity contribution in [2.24, 2.45) is 5.41 Å². The van der Waals surface area contributed by atoms with E-state index >= 15 is 0 Å². The zero-order chi connectivity index (χ0) is 13.2. The average Bonchev–Trinajstić information content (AvgIpc) is 2.17. The molecular weight excluding hydrogens is 257 g/mol. The van der Waals surface area contributed by atoms with Crippen molar-refractivity contribution < 1.29 is 8.82 Å². The van der Waals surface area contributed by atoms with Crippen LogP contribution in [0.3, 0.4) is 0 Å². The van der Waals surface area contributed by atoms with Crippen LogP contribution in [0.25, 0.3) is 0 Å². The molecule has 1 heterocycles. The molecule has 5 heteroatoms. The van der Waals surface area contributed by atoms with Crippen LogP contribution in [0.4, 0.5) is 4.39 Å². The van der Waals surface area contributed by atoms with Crippen molar-refractivity contribution in [3.8, 4) is 0 Å². The second kappa shape index (κ2) is 5.46. The fourth-order valence-electron chi connectivity index (χ4n) is 1.65. The molecule has 0 aliphatic heterocycles. The maximum absolute atomic E-state index is 14.0.